The van der Waals surface area contributed by atoms with Gasteiger partial charge in [0.1, 0.15) is 11.5 Å². The summed E-state index contributed by atoms with van der Waals surface area (Å²) in [7, 11) is 0. The van der Waals surface area contributed by atoms with Crippen LogP contribution >= 0.6 is 15.9 Å². The first kappa shape index (κ1) is 19.4. The maximum Gasteiger partial charge on any atom is 0.271 e. The van der Waals surface area contributed by atoms with Gasteiger partial charge in [-0.25, -0.2) is 5.43 Å². The second-order valence-electron chi connectivity index (χ2n) is 5.19. The van der Waals surface area contributed by atoms with Crippen LogP contribution in [-0.4, -0.2) is 28.8 Å². The molecule has 2 aromatic carbocycles. The fraction of sp³-hybridized carbons (Fsp3) is 0.176. The number of carbonyl (C=O) groups excluding carboxylic acids is 1. The van der Waals surface area contributed by atoms with Crippen molar-refractivity contribution in [2.24, 2.45) is 5.10 Å². The van der Waals surface area contributed by atoms with E-state index in [9.17, 15) is 20.0 Å². The molecule has 0 fully saturated rings. The largest absolute Gasteiger partial charge is 0.506 e. The van der Waals surface area contributed by atoms with Gasteiger partial charge in [0, 0.05) is 23.3 Å². The highest BCUT2D eigenvalue weighted by Crippen LogP contribution is 2.31. The van der Waals surface area contributed by atoms with Gasteiger partial charge in [-0.2, -0.15) is 5.10 Å². The second kappa shape index (κ2) is 8.95. The second-order valence-corrected chi connectivity index (χ2v) is 6.05. The lowest BCUT2D eigenvalue weighted by Crippen LogP contribution is -2.17. The van der Waals surface area contributed by atoms with E-state index in [1.165, 1.54) is 6.07 Å². The van der Waals surface area contributed by atoms with Crippen molar-refractivity contribution in [2.45, 2.75) is 13.3 Å². The molecule has 136 valence electrons. The van der Waals surface area contributed by atoms with E-state index in [0.717, 1.165) is 18.7 Å². The SMILES string of the molecule is CCCOc1ccc(C(=O)N/N=C\c2cc([N+](=O)[O-])cc(Br)c2O)cc1. The number of hydrogen-bond donors (Lipinski definition) is 2. The third kappa shape index (κ3) is 5.03. The Hall–Kier alpha value is -2.94. The Labute approximate surface area is 157 Å². The molecule has 0 atom stereocenters. The van der Waals surface area contributed by atoms with Crippen molar-refractivity contribution in [3.05, 3.63) is 62.1 Å². The molecule has 0 aromatic heterocycles. The van der Waals surface area contributed by atoms with E-state index < -0.39 is 10.8 Å². The van der Waals surface area contributed by atoms with Crippen LogP contribution in [0.3, 0.4) is 0 Å². The van der Waals surface area contributed by atoms with Gasteiger partial charge in [0.2, 0.25) is 0 Å². The Kier molecular flexibility index (Phi) is 6.67. The molecule has 0 unspecified atom stereocenters. The zero-order valence-corrected chi connectivity index (χ0v) is 15.4. The van der Waals surface area contributed by atoms with Crippen LogP contribution in [-0.2, 0) is 0 Å². The summed E-state index contributed by atoms with van der Waals surface area (Å²) < 4.78 is 5.59. The Balaban J connectivity index is 2.06. The highest BCUT2D eigenvalue weighted by atomic mass is 79.9. The first-order valence-electron chi connectivity index (χ1n) is 7.65. The number of aromatic hydroxyl groups is 1. The topological polar surface area (TPSA) is 114 Å². The summed E-state index contributed by atoms with van der Waals surface area (Å²) in [5.74, 6) is -0.0171. The van der Waals surface area contributed by atoms with Gasteiger partial charge in [0.15, 0.2) is 0 Å². The molecule has 0 aliphatic rings. The number of hydrazone groups is 1. The molecule has 0 aliphatic carbocycles. The molecule has 0 saturated carbocycles. The summed E-state index contributed by atoms with van der Waals surface area (Å²) in [6, 6.07) is 8.87. The number of nitro groups is 1. The number of phenolic OH excluding ortho intramolecular Hbond substituents is 1. The number of carbonyl (C=O) groups is 1. The number of hydrogen-bond acceptors (Lipinski definition) is 6. The van der Waals surface area contributed by atoms with Gasteiger partial charge in [-0.3, -0.25) is 14.9 Å². The summed E-state index contributed by atoms with van der Waals surface area (Å²) in [4.78, 5) is 22.3. The molecule has 9 heteroatoms. The molecule has 0 heterocycles. The number of benzene rings is 2. The van der Waals surface area contributed by atoms with Gasteiger partial charge in [0.25, 0.3) is 11.6 Å². The van der Waals surface area contributed by atoms with E-state index >= 15 is 0 Å². The Morgan fingerprint density at radius 3 is 2.69 bits per heavy atom. The van der Waals surface area contributed by atoms with E-state index in [1.54, 1.807) is 24.3 Å². The van der Waals surface area contributed by atoms with Gasteiger partial charge in [0.05, 0.1) is 22.2 Å². The quantitative estimate of drug-likeness (QED) is 0.402. The number of halogens is 1. The van der Waals surface area contributed by atoms with Crippen molar-refractivity contribution in [1.82, 2.24) is 5.43 Å². The molecule has 2 rings (SSSR count). The predicted octanol–water partition coefficient (Wildman–Crippen LogP) is 3.62. The number of phenols is 1. The van der Waals surface area contributed by atoms with Gasteiger partial charge >= 0.3 is 0 Å². The summed E-state index contributed by atoms with van der Waals surface area (Å²) in [5.41, 5.74) is 2.54. The third-order valence-electron chi connectivity index (χ3n) is 3.25. The first-order chi connectivity index (χ1) is 12.4. The van der Waals surface area contributed by atoms with Crippen LogP contribution in [0.15, 0.2) is 46.0 Å². The maximum absolute atomic E-state index is 12.0. The highest BCUT2D eigenvalue weighted by molar-refractivity contribution is 9.10. The summed E-state index contributed by atoms with van der Waals surface area (Å²) in [6.45, 7) is 2.59. The van der Waals surface area contributed by atoms with Crippen LogP contribution in [0.25, 0.3) is 0 Å². The smallest absolute Gasteiger partial charge is 0.271 e. The van der Waals surface area contributed by atoms with E-state index in [2.05, 4.69) is 26.5 Å². The Morgan fingerprint density at radius 1 is 1.38 bits per heavy atom. The van der Waals surface area contributed by atoms with Crippen LogP contribution in [0, 0.1) is 10.1 Å². The normalized spacial score (nSPS) is 10.7. The van der Waals surface area contributed by atoms with Gasteiger partial charge < -0.3 is 9.84 Å². The van der Waals surface area contributed by atoms with Crippen molar-refractivity contribution in [3.8, 4) is 11.5 Å². The minimum Gasteiger partial charge on any atom is -0.506 e. The van der Waals surface area contributed by atoms with E-state index in [0.29, 0.717) is 17.9 Å². The predicted molar refractivity (Wildman–Crippen MR) is 99.7 cm³/mol. The van der Waals surface area contributed by atoms with Crippen LogP contribution in [0.5, 0.6) is 11.5 Å². The van der Waals surface area contributed by atoms with Gasteiger partial charge in [-0.05, 0) is 46.6 Å². The van der Waals surface area contributed by atoms with Crippen molar-refractivity contribution in [3.63, 3.8) is 0 Å². The monoisotopic (exact) mass is 421 g/mol. The fourth-order valence-electron chi connectivity index (χ4n) is 1.96. The molecule has 0 bridgehead atoms. The first-order valence-corrected chi connectivity index (χ1v) is 8.44. The Morgan fingerprint density at radius 2 is 2.08 bits per heavy atom. The number of ether oxygens (including phenoxy) is 1. The summed E-state index contributed by atoms with van der Waals surface area (Å²) >= 11 is 3.03. The molecule has 1 amide bonds. The maximum atomic E-state index is 12.0. The number of nitrogens with zero attached hydrogens (tertiary/aromatic N) is 2. The Bertz CT molecular complexity index is 837. The zero-order chi connectivity index (χ0) is 19.1. The van der Waals surface area contributed by atoms with Crippen LogP contribution < -0.4 is 10.2 Å². The number of nitrogens with one attached hydrogen (secondary N) is 1. The molecular formula is C17H16BrN3O5. The summed E-state index contributed by atoms with van der Waals surface area (Å²) in [6.07, 6.45) is 2.02. The third-order valence-corrected chi connectivity index (χ3v) is 3.85. The molecule has 2 N–H and O–H groups in total. The van der Waals surface area contributed by atoms with E-state index in [1.807, 2.05) is 6.92 Å². The molecule has 2 aromatic rings. The van der Waals surface area contributed by atoms with Crippen molar-refractivity contribution >= 4 is 33.7 Å². The minimum atomic E-state index is -0.595. The molecule has 0 spiro atoms. The highest BCUT2D eigenvalue weighted by Gasteiger charge is 2.13. The standard InChI is InChI=1S/C17H16BrN3O5/c1-2-7-26-14-5-3-11(4-6-14)17(23)20-19-10-12-8-13(21(24)25)9-15(18)16(12)22/h3-6,8-10,22H,2,7H2,1H3,(H,20,23)/b19-10-. The lowest BCUT2D eigenvalue weighted by molar-refractivity contribution is -0.385. The number of non-ortho nitro benzene ring substituents is 1. The molecular weight excluding hydrogens is 406 g/mol. The van der Waals surface area contributed by atoms with Gasteiger partial charge in [-0.1, -0.05) is 6.92 Å². The number of rotatable bonds is 7. The number of nitro benzene ring substituents is 1. The van der Waals surface area contributed by atoms with E-state index in [4.69, 9.17) is 4.74 Å². The summed E-state index contributed by atoms with van der Waals surface area (Å²) in [5, 5.41) is 24.5. The van der Waals surface area contributed by atoms with Crippen LogP contribution in [0.4, 0.5) is 5.69 Å². The molecule has 0 radical (unpaired) electrons. The number of amides is 1. The molecule has 0 saturated heterocycles. The van der Waals surface area contributed by atoms with Gasteiger partial charge in [-0.15, -0.1) is 0 Å². The minimum absolute atomic E-state index is 0.0923. The lowest BCUT2D eigenvalue weighted by Gasteiger charge is -2.05. The van der Waals surface area contributed by atoms with Crippen molar-refractivity contribution < 1.29 is 19.6 Å². The molecule has 26 heavy (non-hydrogen) atoms. The fourth-order valence-corrected chi connectivity index (χ4v) is 2.42. The van der Waals surface area contributed by atoms with Crippen molar-refractivity contribution in [1.29, 1.82) is 0 Å². The van der Waals surface area contributed by atoms with Crippen molar-refractivity contribution in [2.75, 3.05) is 6.61 Å². The average Bonchev–Trinajstić information content (AvgIpc) is 2.63. The lowest BCUT2D eigenvalue weighted by atomic mass is 10.2. The zero-order valence-electron chi connectivity index (χ0n) is 13.8. The molecule has 0 aliphatic heterocycles. The van der Waals surface area contributed by atoms with Crippen LogP contribution in [0.2, 0.25) is 0 Å². The van der Waals surface area contributed by atoms with E-state index in [-0.39, 0.29) is 21.5 Å². The van der Waals surface area contributed by atoms with Crippen LogP contribution in [0.1, 0.15) is 29.3 Å². The average molecular weight is 422 g/mol. The molecule has 8 nitrogen and oxygen atoms in total.